The van der Waals surface area contributed by atoms with E-state index in [1.54, 1.807) is 12.1 Å². The lowest BCUT2D eigenvalue weighted by molar-refractivity contribution is -0.255. The van der Waals surface area contributed by atoms with Gasteiger partial charge in [0.2, 0.25) is 0 Å². The van der Waals surface area contributed by atoms with Crippen LogP contribution < -0.4 is 10.0 Å². The van der Waals surface area contributed by atoms with Crippen molar-refractivity contribution in [3.8, 4) is 0 Å². The number of alkyl halides is 1. The molecule has 1 saturated heterocycles. The fourth-order valence-corrected chi connectivity index (χ4v) is 2.86. The summed E-state index contributed by atoms with van der Waals surface area (Å²) in [6, 6.07) is 12.6. The molecule has 0 spiro atoms. The van der Waals surface area contributed by atoms with Crippen molar-refractivity contribution in [3.63, 3.8) is 0 Å². The van der Waals surface area contributed by atoms with Crippen LogP contribution in [0, 0.1) is 0 Å². The van der Waals surface area contributed by atoms with Crippen LogP contribution in [0.3, 0.4) is 0 Å². The first-order valence-electron chi connectivity index (χ1n) is 7.93. The summed E-state index contributed by atoms with van der Waals surface area (Å²) in [6.07, 6.45) is 0.835. The van der Waals surface area contributed by atoms with Crippen molar-refractivity contribution in [1.29, 1.82) is 0 Å². The van der Waals surface area contributed by atoms with Gasteiger partial charge in [0.1, 0.15) is 5.71 Å². The summed E-state index contributed by atoms with van der Waals surface area (Å²) in [4.78, 5) is 41.1. The average molecular weight is 370 g/mol. The molecular weight excluding hydrogens is 356 g/mol. The van der Waals surface area contributed by atoms with Gasteiger partial charge < -0.3 is 9.90 Å². The van der Waals surface area contributed by atoms with Gasteiger partial charge in [0, 0.05) is 0 Å². The van der Waals surface area contributed by atoms with E-state index in [0.29, 0.717) is 5.69 Å². The van der Waals surface area contributed by atoms with Crippen LogP contribution in [0.5, 0.6) is 0 Å². The van der Waals surface area contributed by atoms with Crippen LogP contribution in [-0.2, 0) is 16.0 Å². The Kier molecular flexibility index (Phi) is 4.86. The van der Waals surface area contributed by atoms with Gasteiger partial charge in [-0.25, -0.2) is 9.89 Å². The third-order valence-corrected chi connectivity index (χ3v) is 4.43. The summed E-state index contributed by atoms with van der Waals surface area (Å²) in [5.74, 6) is -2.57. The Balaban J connectivity index is 1.96. The number of nitrogens with zero attached hydrogens (tertiary/aromatic N) is 2. The van der Waals surface area contributed by atoms with Crippen LogP contribution in [0.25, 0.3) is 0 Å². The number of aryl methyl sites for hydroxylation is 1. The molecule has 1 atom stereocenters. The van der Waals surface area contributed by atoms with Gasteiger partial charge in [-0.1, -0.05) is 31.2 Å². The monoisotopic (exact) mass is 369 g/mol. The zero-order valence-electron chi connectivity index (χ0n) is 13.8. The molecular formula is C19H14ClN2O4-. The number of anilines is 1. The summed E-state index contributed by atoms with van der Waals surface area (Å²) in [7, 11) is 0. The number of benzene rings is 2. The Morgan fingerprint density at radius 2 is 1.88 bits per heavy atom. The lowest BCUT2D eigenvalue weighted by Gasteiger charge is -2.13. The summed E-state index contributed by atoms with van der Waals surface area (Å²) in [6.45, 7) is 2.00. The minimum absolute atomic E-state index is 0.0817. The molecule has 0 bridgehead atoms. The average Bonchev–Trinajstić information content (AvgIpc) is 2.85. The molecule has 1 heterocycles. The quantitative estimate of drug-likeness (QED) is 0.607. The molecule has 6 nitrogen and oxygen atoms in total. The van der Waals surface area contributed by atoms with Gasteiger partial charge in [0.25, 0.3) is 11.8 Å². The van der Waals surface area contributed by atoms with Crippen LogP contribution in [0.15, 0.2) is 53.5 Å². The topological polar surface area (TPSA) is 89.9 Å². The third kappa shape index (κ3) is 3.23. The van der Waals surface area contributed by atoms with Gasteiger partial charge in [0.05, 0.1) is 17.3 Å². The van der Waals surface area contributed by atoms with Crippen molar-refractivity contribution < 1.29 is 19.5 Å². The molecule has 2 aromatic carbocycles. The van der Waals surface area contributed by atoms with Crippen molar-refractivity contribution in [2.75, 3.05) is 4.90 Å². The summed E-state index contributed by atoms with van der Waals surface area (Å²) in [5, 5.41) is 9.71. The largest absolute Gasteiger partial charge is 0.545 e. The van der Waals surface area contributed by atoms with Crippen molar-refractivity contribution in [2.45, 2.75) is 18.7 Å². The highest BCUT2D eigenvalue weighted by atomic mass is 35.5. The number of imide groups is 1. The van der Waals surface area contributed by atoms with Crippen molar-refractivity contribution in [3.05, 3.63) is 59.7 Å². The molecule has 1 aliphatic rings. The number of halogens is 1. The van der Waals surface area contributed by atoms with Crippen LogP contribution >= 0.6 is 11.6 Å². The normalized spacial score (nSPS) is 18.6. The molecule has 1 unspecified atom stereocenters. The molecule has 26 heavy (non-hydrogen) atoms. The van der Waals surface area contributed by atoms with E-state index in [0.717, 1.165) is 16.9 Å². The van der Waals surface area contributed by atoms with Crippen LogP contribution in [0.4, 0.5) is 11.4 Å². The van der Waals surface area contributed by atoms with Gasteiger partial charge in [-0.2, -0.15) is 0 Å². The van der Waals surface area contributed by atoms with Crippen LogP contribution in [-0.4, -0.2) is 28.9 Å². The van der Waals surface area contributed by atoms with Gasteiger partial charge in [0.15, 0.2) is 5.38 Å². The van der Waals surface area contributed by atoms with Crippen molar-refractivity contribution >= 4 is 46.5 Å². The molecule has 2 aromatic rings. The molecule has 2 amide bonds. The van der Waals surface area contributed by atoms with E-state index in [1.165, 1.54) is 24.3 Å². The molecule has 3 rings (SSSR count). The van der Waals surface area contributed by atoms with Crippen LogP contribution in [0.2, 0.25) is 0 Å². The fraction of sp³-hybridized carbons (Fsp3) is 0.158. The number of hydrogen-bond donors (Lipinski definition) is 0. The van der Waals surface area contributed by atoms with E-state index in [4.69, 9.17) is 11.6 Å². The number of carbonyl (C=O) groups excluding carboxylic acids is 3. The molecule has 132 valence electrons. The maximum Gasteiger partial charge on any atom is 0.281 e. The Bertz CT molecular complexity index is 921. The highest BCUT2D eigenvalue weighted by molar-refractivity contribution is 6.68. The zero-order valence-corrected chi connectivity index (χ0v) is 14.6. The Hall–Kier alpha value is -2.99. The van der Waals surface area contributed by atoms with Gasteiger partial charge >= 0.3 is 0 Å². The van der Waals surface area contributed by atoms with Crippen LogP contribution in [0.1, 0.15) is 22.8 Å². The second-order valence-corrected chi connectivity index (χ2v) is 6.13. The molecule has 7 heteroatoms. The number of hydrogen-bond acceptors (Lipinski definition) is 5. The molecule has 0 radical (unpaired) electrons. The van der Waals surface area contributed by atoms with E-state index in [1.807, 2.05) is 19.1 Å². The van der Waals surface area contributed by atoms with Gasteiger partial charge in [-0.05, 0) is 41.8 Å². The SMILES string of the molecule is CCc1ccc(N2C(=O)C(=Nc3cccc(C(=O)[O-])c3)C(Cl)C2=O)cc1. The predicted molar refractivity (Wildman–Crippen MR) is 95.8 cm³/mol. The van der Waals surface area contributed by atoms with E-state index in [9.17, 15) is 19.5 Å². The number of aromatic carboxylic acids is 1. The molecule has 0 N–H and O–H groups in total. The predicted octanol–water partition coefficient (Wildman–Crippen LogP) is 1.87. The number of rotatable bonds is 4. The summed E-state index contributed by atoms with van der Waals surface area (Å²) in [5.41, 5.74) is 1.46. The fourth-order valence-electron chi connectivity index (χ4n) is 2.62. The van der Waals surface area contributed by atoms with E-state index in [2.05, 4.69) is 4.99 Å². The highest BCUT2D eigenvalue weighted by Crippen LogP contribution is 2.27. The third-order valence-electron chi connectivity index (χ3n) is 4.03. The Morgan fingerprint density at radius 3 is 2.50 bits per heavy atom. The molecule has 1 aliphatic heterocycles. The Morgan fingerprint density at radius 1 is 1.19 bits per heavy atom. The number of carbonyl (C=O) groups is 3. The second-order valence-electron chi connectivity index (χ2n) is 5.70. The molecule has 0 aromatic heterocycles. The van der Waals surface area contributed by atoms with E-state index >= 15 is 0 Å². The smallest absolute Gasteiger partial charge is 0.281 e. The molecule has 0 saturated carbocycles. The minimum Gasteiger partial charge on any atom is -0.545 e. The lowest BCUT2D eigenvalue weighted by Crippen LogP contribution is -2.31. The van der Waals surface area contributed by atoms with Gasteiger partial charge in [-0.15, -0.1) is 11.6 Å². The first kappa shape index (κ1) is 17.8. The van der Waals surface area contributed by atoms with Gasteiger partial charge in [-0.3, -0.25) is 9.59 Å². The summed E-state index contributed by atoms with van der Waals surface area (Å²) >= 11 is 6.11. The molecule has 0 aliphatic carbocycles. The van der Waals surface area contributed by atoms with E-state index in [-0.39, 0.29) is 17.0 Å². The maximum absolute atomic E-state index is 12.7. The van der Waals surface area contributed by atoms with Crippen molar-refractivity contribution in [2.24, 2.45) is 4.99 Å². The highest BCUT2D eigenvalue weighted by Gasteiger charge is 2.44. The lowest BCUT2D eigenvalue weighted by atomic mass is 10.1. The first-order chi connectivity index (χ1) is 12.4. The zero-order chi connectivity index (χ0) is 18.8. The minimum atomic E-state index is -1.36. The standard InChI is InChI=1S/C19H15ClN2O4/c1-2-11-6-8-14(9-7-11)22-17(23)15(20)16(18(22)24)21-13-5-3-4-12(10-13)19(25)26/h3-10,15H,2H2,1H3,(H,25,26)/p-1. The maximum atomic E-state index is 12.7. The van der Waals surface area contributed by atoms with Crippen molar-refractivity contribution in [1.82, 2.24) is 0 Å². The number of carboxylic acids is 1. The summed E-state index contributed by atoms with van der Waals surface area (Å²) < 4.78 is 0. The van der Waals surface area contributed by atoms with E-state index < -0.39 is 23.2 Å². The second kappa shape index (κ2) is 7.09. The Labute approximate surface area is 154 Å². The first-order valence-corrected chi connectivity index (χ1v) is 8.37. The number of amides is 2. The number of aliphatic imine (C=N–C) groups is 1. The molecule has 1 fully saturated rings. The number of carboxylic acid groups (broad SMARTS) is 1.